The molecule has 3 rings (SSSR count). The van der Waals surface area contributed by atoms with E-state index in [0.717, 1.165) is 10.0 Å². The van der Waals surface area contributed by atoms with Gasteiger partial charge in [-0.15, -0.1) is 0 Å². The molecular formula is C21H24BrN5O3. The monoisotopic (exact) mass is 473 g/mol. The third-order valence-corrected chi connectivity index (χ3v) is 5.24. The zero-order valence-corrected chi connectivity index (χ0v) is 18.5. The fraction of sp³-hybridized carbons (Fsp3) is 0.333. The molecule has 0 unspecified atom stereocenters. The van der Waals surface area contributed by atoms with Gasteiger partial charge in [-0.05, 0) is 29.7 Å². The quantitative estimate of drug-likeness (QED) is 0.465. The summed E-state index contributed by atoms with van der Waals surface area (Å²) < 4.78 is 0.952. The van der Waals surface area contributed by atoms with Crippen molar-refractivity contribution in [2.24, 2.45) is 5.92 Å². The van der Waals surface area contributed by atoms with Crippen LogP contribution in [0.1, 0.15) is 32.3 Å². The van der Waals surface area contributed by atoms with Crippen molar-refractivity contribution in [1.82, 2.24) is 19.9 Å². The number of H-pyrrole nitrogens is 2. The Morgan fingerprint density at radius 3 is 2.63 bits per heavy atom. The second-order valence-electron chi connectivity index (χ2n) is 7.48. The first-order valence-corrected chi connectivity index (χ1v) is 10.5. The normalized spacial score (nSPS) is 11.1. The van der Waals surface area contributed by atoms with Crippen LogP contribution in [-0.4, -0.2) is 38.2 Å². The predicted molar refractivity (Wildman–Crippen MR) is 119 cm³/mol. The van der Waals surface area contributed by atoms with Gasteiger partial charge in [-0.25, -0.2) is 9.78 Å². The highest BCUT2D eigenvalue weighted by atomic mass is 79.9. The van der Waals surface area contributed by atoms with Crippen LogP contribution in [0.2, 0.25) is 0 Å². The van der Waals surface area contributed by atoms with Crippen molar-refractivity contribution < 1.29 is 9.59 Å². The predicted octanol–water partition coefficient (Wildman–Crippen LogP) is 3.42. The lowest BCUT2D eigenvalue weighted by atomic mass is 10.1. The summed E-state index contributed by atoms with van der Waals surface area (Å²) in [6, 6.07) is 11.0. The molecule has 3 aromatic rings. The van der Waals surface area contributed by atoms with Gasteiger partial charge < -0.3 is 15.2 Å². The molecule has 8 nitrogen and oxygen atoms in total. The number of pyridine rings is 1. The first-order valence-electron chi connectivity index (χ1n) is 9.72. The van der Waals surface area contributed by atoms with Crippen LogP contribution in [0, 0.1) is 5.92 Å². The summed E-state index contributed by atoms with van der Waals surface area (Å²) in [6.45, 7) is 5.21. The van der Waals surface area contributed by atoms with Gasteiger partial charge in [-0.1, -0.05) is 48.0 Å². The number of aromatic nitrogens is 3. The van der Waals surface area contributed by atoms with E-state index in [1.54, 1.807) is 17.0 Å². The number of imidazole rings is 1. The number of benzene rings is 1. The van der Waals surface area contributed by atoms with E-state index >= 15 is 0 Å². The molecule has 1 aromatic carbocycles. The van der Waals surface area contributed by atoms with Crippen LogP contribution in [-0.2, 0) is 16.1 Å². The zero-order chi connectivity index (χ0) is 21.7. The third-order valence-electron chi connectivity index (χ3n) is 4.47. The Kier molecular flexibility index (Phi) is 7.04. The van der Waals surface area contributed by atoms with Gasteiger partial charge in [0.15, 0.2) is 5.65 Å². The van der Waals surface area contributed by atoms with Crippen molar-refractivity contribution >= 4 is 44.7 Å². The van der Waals surface area contributed by atoms with Crippen LogP contribution in [0.4, 0.5) is 5.82 Å². The molecule has 0 aliphatic rings. The molecule has 2 amide bonds. The minimum atomic E-state index is -0.359. The average Bonchev–Trinajstić information content (AvgIpc) is 3.06. The lowest BCUT2D eigenvalue weighted by Gasteiger charge is -2.25. The van der Waals surface area contributed by atoms with Gasteiger partial charge in [0.1, 0.15) is 5.82 Å². The maximum Gasteiger partial charge on any atom is 0.325 e. The minimum absolute atomic E-state index is 0.0484. The first kappa shape index (κ1) is 21.8. The van der Waals surface area contributed by atoms with Gasteiger partial charge in [0, 0.05) is 30.4 Å². The van der Waals surface area contributed by atoms with Crippen molar-refractivity contribution in [2.75, 3.05) is 11.9 Å². The standard InChI is InChI=1S/C21H24BrN5O3/c1-13(2)11-27(12-14-5-3-4-6-15(14)22)19(29)10-9-18(28)24-17-8-7-16-20(25-17)26-21(30)23-16/h3-8,13H,9-12H2,1-2H3,(H3,23,24,25,26,28,30). The topological polar surface area (TPSA) is 111 Å². The molecule has 0 spiro atoms. The van der Waals surface area contributed by atoms with Crippen LogP contribution in [0.25, 0.3) is 11.2 Å². The van der Waals surface area contributed by atoms with Gasteiger partial charge in [-0.3, -0.25) is 14.6 Å². The van der Waals surface area contributed by atoms with Gasteiger partial charge in [-0.2, -0.15) is 0 Å². The number of amides is 2. The highest BCUT2D eigenvalue weighted by Gasteiger charge is 2.18. The molecular weight excluding hydrogens is 450 g/mol. The fourth-order valence-corrected chi connectivity index (χ4v) is 3.51. The van der Waals surface area contributed by atoms with Gasteiger partial charge in [0.05, 0.1) is 5.52 Å². The number of hydrogen-bond donors (Lipinski definition) is 3. The van der Waals surface area contributed by atoms with Crippen LogP contribution >= 0.6 is 15.9 Å². The molecule has 0 bridgehead atoms. The van der Waals surface area contributed by atoms with E-state index < -0.39 is 0 Å². The molecule has 30 heavy (non-hydrogen) atoms. The summed E-state index contributed by atoms with van der Waals surface area (Å²) in [5.41, 5.74) is 1.59. The Morgan fingerprint density at radius 2 is 1.90 bits per heavy atom. The van der Waals surface area contributed by atoms with Gasteiger partial charge >= 0.3 is 5.69 Å². The first-order chi connectivity index (χ1) is 14.3. The van der Waals surface area contributed by atoms with Crippen molar-refractivity contribution in [3.05, 3.63) is 56.9 Å². The van der Waals surface area contributed by atoms with Crippen LogP contribution in [0.3, 0.4) is 0 Å². The Morgan fingerprint density at radius 1 is 1.13 bits per heavy atom. The molecule has 0 fully saturated rings. The van der Waals surface area contributed by atoms with E-state index in [4.69, 9.17) is 0 Å². The number of aromatic amines is 2. The number of anilines is 1. The summed E-state index contributed by atoms with van der Waals surface area (Å²) >= 11 is 3.52. The largest absolute Gasteiger partial charge is 0.338 e. The second-order valence-corrected chi connectivity index (χ2v) is 8.33. The number of nitrogens with zero attached hydrogens (tertiary/aromatic N) is 2. The smallest absolute Gasteiger partial charge is 0.325 e. The van der Waals surface area contributed by atoms with E-state index in [1.807, 2.05) is 24.3 Å². The van der Waals surface area contributed by atoms with Crippen LogP contribution in [0.15, 0.2) is 45.7 Å². The minimum Gasteiger partial charge on any atom is -0.338 e. The Bertz CT molecular complexity index is 1110. The Labute approximate surface area is 182 Å². The number of hydrogen-bond acceptors (Lipinski definition) is 4. The van der Waals surface area contributed by atoms with E-state index in [1.165, 1.54) is 0 Å². The number of carbonyl (C=O) groups excluding carboxylic acids is 2. The molecule has 2 aromatic heterocycles. The number of halogens is 1. The van der Waals surface area contributed by atoms with Crippen LogP contribution in [0.5, 0.6) is 0 Å². The molecule has 0 aliphatic heterocycles. The van der Waals surface area contributed by atoms with E-state index in [2.05, 4.69) is 50.0 Å². The molecule has 0 radical (unpaired) electrons. The SMILES string of the molecule is CC(C)CN(Cc1ccccc1Br)C(=O)CCC(=O)Nc1ccc2[nH]c(=O)[nH]c2n1. The van der Waals surface area contributed by atoms with E-state index in [0.29, 0.717) is 36.0 Å². The maximum atomic E-state index is 12.8. The number of fused-ring (bicyclic) bond motifs is 1. The molecule has 0 saturated carbocycles. The highest BCUT2D eigenvalue weighted by Crippen LogP contribution is 2.19. The number of rotatable bonds is 8. The second kappa shape index (κ2) is 9.71. The molecule has 0 aliphatic carbocycles. The summed E-state index contributed by atoms with van der Waals surface area (Å²) in [5, 5.41) is 2.67. The lowest BCUT2D eigenvalue weighted by molar-refractivity contribution is -0.134. The molecule has 0 atom stereocenters. The summed E-state index contributed by atoms with van der Waals surface area (Å²) in [4.78, 5) is 47.5. The summed E-state index contributed by atoms with van der Waals surface area (Å²) in [5.74, 6) is 0.249. The molecule has 0 saturated heterocycles. The van der Waals surface area contributed by atoms with Gasteiger partial charge in [0.25, 0.3) is 0 Å². The molecule has 2 heterocycles. The summed E-state index contributed by atoms with van der Waals surface area (Å²) in [6.07, 6.45) is 0.152. The third kappa shape index (κ3) is 5.79. The van der Waals surface area contributed by atoms with Crippen molar-refractivity contribution in [1.29, 1.82) is 0 Å². The van der Waals surface area contributed by atoms with Crippen LogP contribution < -0.4 is 11.0 Å². The Balaban J connectivity index is 1.59. The Hall–Kier alpha value is -2.94. The van der Waals surface area contributed by atoms with Gasteiger partial charge in [0.2, 0.25) is 11.8 Å². The number of carbonyl (C=O) groups is 2. The average molecular weight is 474 g/mol. The number of nitrogens with one attached hydrogen (secondary N) is 3. The highest BCUT2D eigenvalue weighted by molar-refractivity contribution is 9.10. The lowest BCUT2D eigenvalue weighted by Crippen LogP contribution is -2.34. The zero-order valence-electron chi connectivity index (χ0n) is 16.9. The van der Waals surface area contributed by atoms with Crippen molar-refractivity contribution in [2.45, 2.75) is 33.2 Å². The summed E-state index contributed by atoms with van der Waals surface area (Å²) in [7, 11) is 0. The van der Waals surface area contributed by atoms with E-state index in [9.17, 15) is 14.4 Å². The fourth-order valence-electron chi connectivity index (χ4n) is 3.10. The van der Waals surface area contributed by atoms with E-state index in [-0.39, 0.29) is 30.3 Å². The van der Waals surface area contributed by atoms with Crippen molar-refractivity contribution in [3.8, 4) is 0 Å². The molecule has 158 valence electrons. The maximum absolute atomic E-state index is 12.8. The molecule has 9 heteroatoms. The van der Waals surface area contributed by atoms with Crippen molar-refractivity contribution in [3.63, 3.8) is 0 Å². The molecule has 3 N–H and O–H groups in total.